The fourth-order valence-electron chi connectivity index (χ4n) is 0.317. The van der Waals surface area contributed by atoms with Crippen LogP contribution in [0.25, 0.3) is 0 Å². The number of nitrogens with one attached hydrogen (secondary N) is 2. The summed E-state index contributed by atoms with van der Waals surface area (Å²) in [5, 5.41) is 22.0. The highest BCUT2D eigenvalue weighted by molar-refractivity contribution is 6.22. The molecular formula is C5H6N4O5. The fraction of sp³-hybridized carbons (Fsp3) is 0. The number of hydrogen-bond acceptors (Lipinski definition) is 5. The Bertz CT molecular complexity index is 268. The first-order valence-electron chi connectivity index (χ1n) is 3.10. The van der Waals surface area contributed by atoms with Crippen LogP contribution in [0.2, 0.25) is 0 Å². The van der Waals surface area contributed by atoms with Gasteiger partial charge in [0.1, 0.15) is 12.4 Å². The monoisotopic (exact) mass is 202 g/mol. The van der Waals surface area contributed by atoms with Crippen molar-refractivity contribution in [3.63, 3.8) is 0 Å². The zero-order valence-corrected chi connectivity index (χ0v) is 6.67. The highest BCUT2D eigenvalue weighted by Gasteiger charge is 1.95. The van der Waals surface area contributed by atoms with E-state index in [1.165, 1.54) is 0 Å². The van der Waals surface area contributed by atoms with E-state index < -0.39 is 18.0 Å². The molecule has 9 nitrogen and oxygen atoms in total. The van der Waals surface area contributed by atoms with E-state index in [1.54, 1.807) is 10.9 Å². The first-order valence-corrected chi connectivity index (χ1v) is 3.10. The van der Waals surface area contributed by atoms with Gasteiger partial charge in [-0.1, -0.05) is 0 Å². The van der Waals surface area contributed by atoms with Crippen LogP contribution in [0.5, 0.6) is 0 Å². The number of urea groups is 1. The van der Waals surface area contributed by atoms with Crippen LogP contribution < -0.4 is 10.9 Å². The van der Waals surface area contributed by atoms with Crippen molar-refractivity contribution in [2.24, 2.45) is 10.2 Å². The second kappa shape index (κ2) is 6.11. The van der Waals surface area contributed by atoms with Crippen LogP contribution in [-0.2, 0) is 9.59 Å². The van der Waals surface area contributed by atoms with Crippen molar-refractivity contribution >= 4 is 30.4 Å². The number of carbonyl (C=O) groups is 3. The molecule has 0 radical (unpaired) electrons. The van der Waals surface area contributed by atoms with Gasteiger partial charge in [0.25, 0.3) is 0 Å². The second-order valence-corrected chi connectivity index (χ2v) is 1.75. The molecule has 0 saturated heterocycles. The van der Waals surface area contributed by atoms with Crippen molar-refractivity contribution in [2.45, 2.75) is 0 Å². The molecule has 0 aromatic rings. The summed E-state index contributed by atoms with van der Waals surface area (Å²) in [6, 6.07) is -0.958. The molecule has 0 spiro atoms. The molecule has 9 heteroatoms. The molecule has 0 heterocycles. The van der Waals surface area contributed by atoms with Gasteiger partial charge in [-0.3, -0.25) is 0 Å². The Labute approximate surface area is 77.1 Å². The summed E-state index contributed by atoms with van der Waals surface area (Å²) in [6.45, 7) is 0. The Hall–Kier alpha value is -2.45. The van der Waals surface area contributed by atoms with E-state index in [-0.39, 0.29) is 0 Å². The smallest absolute Gasteiger partial charge is 0.355 e. The summed E-state index contributed by atoms with van der Waals surface area (Å²) in [4.78, 5) is 30.3. The Morgan fingerprint density at radius 3 is 1.57 bits per heavy atom. The number of nitrogens with zero attached hydrogens (tertiary/aromatic N) is 2. The molecule has 0 bridgehead atoms. The van der Waals surface area contributed by atoms with Crippen LogP contribution in [0, 0.1) is 0 Å². The van der Waals surface area contributed by atoms with Gasteiger partial charge in [-0.05, 0) is 0 Å². The number of amides is 2. The number of carbonyl (C=O) groups excluding carboxylic acids is 1. The molecule has 0 atom stereocenters. The average molecular weight is 202 g/mol. The molecule has 0 aliphatic rings. The lowest BCUT2D eigenvalue weighted by Crippen LogP contribution is -2.29. The first-order chi connectivity index (χ1) is 6.52. The maximum Gasteiger partial charge on any atom is 0.355 e. The lowest BCUT2D eigenvalue weighted by atomic mass is 10.8. The topological polar surface area (TPSA) is 140 Å². The van der Waals surface area contributed by atoms with Crippen LogP contribution in [0.4, 0.5) is 4.79 Å². The summed E-state index contributed by atoms with van der Waals surface area (Å²) in [5.41, 5.74) is 3.44. The maximum absolute atomic E-state index is 10.6. The van der Waals surface area contributed by atoms with Gasteiger partial charge in [-0.2, -0.15) is 10.2 Å². The SMILES string of the molecule is O=C(O)/C=N/NC(=O)N/N=C/C(=O)O. The molecule has 4 N–H and O–H groups in total. The van der Waals surface area contributed by atoms with Crippen molar-refractivity contribution in [1.29, 1.82) is 0 Å². The predicted octanol–water partition coefficient (Wildman–Crippen LogP) is -1.57. The number of rotatable bonds is 4. The lowest BCUT2D eigenvalue weighted by Gasteiger charge is -1.94. The van der Waals surface area contributed by atoms with Gasteiger partial charge in [0.15, 0.2) is 0 Å². The third-order valence-corrected chi connectivity index (χ3v) is 0.682. The van der Waals surface area contributed by atoms with Gasteiger partial charge in [0.2, 0.25) is 0 Å². The van der Waals surface area contributed by atoms with Crippen molar-refractivity contribution in [2.75, 3.05) is 0 Å². The minimum atomic E-state index is -1.33. The normalized spacial score (nSPS) is 10.3. The molecule has 0 aliphatic heterocycles. The molecule has 76 valence electrons. The van der Waals surface area contributed by atoms with Gasteiger partial charge in [-0.15, -0.1) is 0 Å². The second-order valence-electron chi connectivity index (χ2n) is 1.75. The molecule has 0 saturated carbocycles. The number of hydrogen-bond donors (Lipinski definition) is 4. The van der Waals surface area contributed by atoms with E-state index in [4.69, 9.17) is 10.2 Å². The van der Waals surface area contributed by atoms with E-state index in [2.05, 4.69) is 10.2 Å². The molecule has 0 rings (SSSR count). The van der Waals surface area contributed by atoms with E-state index in [0.29, 0.717) is 12.4 Å². The summed E-state index contributed by atoms with van der Waals surface area (Å²) in [5.74, 6) is -2.67. The highest BCUT2D eigenvalue weighted by Crippen LogP contribution is 1.65. The Kier molecular flexibility index (Phi) is 5.04. The lowest BCUT2D eigenvalue weighted by molar-refractivity contribution is -0.129. The average Bonchev–Trinajstić information content (AvgIpc) is 2.02. The van der Waals surface area contributed by atoms with Crippen molar-refractivity contribution in [3.8, 4) is 0 Å². The Morgan fingerprint density at radius 2 is 1.29 bits per heavy atom. The van der Waals surface area contributed by atoms with E-state index in [9.17, 15) is 14.4 Å². The standard InChI is InChI=1S/C5H6N4O5/c10-3(11)1-6-8-5(14)9-7-2-4(12)13/h1-2H,(H,10,11)(H,12,13)(H2,8,9,14)/b6-1+,7-2+. The van der Waals surface area contributed by atoms with Crippen molar-refractivity contribution in [3.05, 3.63) is 0 Å². The zero-order valence-electron chi connectivity index (χ0n) is 6.67. The molecule has 2 amide bonds. The predicted molar refractivity (Wildman–Crippen MR) is 43.9 cm³/mol. The summed E-state index contributed by atoms with van der Waals surface area (Å²) >= 11 is 0. The summed E-state index contributed by atoms with van der Waals surface area (Å²) < 4.78 is 0. The summed E-state index contributed by atoms with van der Waals surface area (Å²) in [6.07, 6.45) is 0.890. The molecule has 0 unspecified atom stereocenters. The minimum Gasteiger partial charge on any atom is -0.477 e. The number of carboxylic acid groups (broad SMARTS) is 2. The quantitative estimate of drug-likeness (QED) is 0.322. The molecular weight excluding hydrogens is 196 g/mol. The largest absolute Gasteiger partial charge is 0.477 e. The van der Waals surface area contributed by atoms with Gasteiger partial charge in [0, 0.05) is 0 Å². The van der Waals surface area contributed by atoms with Crippen LogP contribution in [-0.4, -0.2) is 40.6 Å². The van der Waals surface area contributed by atoms with Crippen molar-refractivity contribution < 1.29 is 24.6 Å². The molecule has 0 fully saturated rings. The molecule has 0 aromatic carbocycles. The van der Waals surface area contributed by atoms with Gasteiger partial charge < -0.3 is 10.2 Å². The molecule has 0 aromatic heterocycles. The Balaban J connectivity index is 3.77. The fourth-order valence-corrected chi connectivity index (χ4v) is 0.317. The third kappa shape index (κ3) is 7.65. The summed E-state index contributed by atoms with van der Waals surface area (Å²) in [7, 11) is 0. The van der Waals surface area contributed by atoms with Gasteiger partial charge in [-0.25, -0.2) is 25.2 Å². The molecule has 14 heavy (non-hydrogen) atoms. The maximum atomic E-state index is 10.6. The van der Waals surface area contributed by atoms with E-state index >= 15 is 0 Å². The van der Waals surface area contributed by atoms with Gasteiger partial charge in [0.05, 0.1) is 0 Å². The van der Waals surface area contributed by atoms with Crippen LogP contribution in [0.15, 0.2) is 10.2 Å². The Morgan fingerprint density at radius 1 is 0.929 bits per heavy atom. The first kappa shape index (κ1) is 11.6. The van der Waals surface area contributed by atoms with Crippen molar-refractivity contribution in [1.82, 2.24) is 10.9 Å². The highest BCUT2D eigenvalue weighted by atomic mass is 16.4. The van der Waals surface area contributed by atoms with Crippen LogP contribution in [0.1, 0.15) is 0 Å². The zero-order chi connectivity index (χ0) is 11.0. The van der Waals surface area contributed by atoms with Crippen LogP contribution >= 0.6 is 0 Å². The number of hydrazone groups is 2. The minimum absolute atomic E-state index is 0.445. The number of aliphatic carboxylic acids is 2. The van der Waals surface area contributed by atoms with Gasteiger partial charge >= 0.3 is 18.0 Å². The molecule has 0 aliphatic carbocycles. The van der Waals surface area contributed by atoms with E-state index in [0.717, 1.165) is 0 Å². The number of carboxylic acids is 2. The third-order valence-electron chi connectivity index (χ3n) is 0.682. The van der Waals surface area contributed by atoms with E-state index in [1.807, 2.05) is 0 Å². The van der Waals surface area contributed by atoms with Crippen LogP contribution in [0.3, 0.4) is 0 Å².